The summed E-state index contributed by atoms with van der Waals surface area (Å²) >= 11 is 0. The highest BCUT2D eigenvalue weighted by atomic mass is 16.3. The van der Waals surface area contributed by atoms with Gasteiger partial charge in [0.1, 0.15) is 0 Å². The van der Waals surface area contributed by atoms with Gasteiger partial charge in [0.15, 0.2) is 0 Å². The molecule has 1 unspecified atom stereocenters. The minimum Gasteiger partial charge on any atom is -0.390 e. The Balaban J connectivity index is 2.26. The molecule has 1 fully saturated rings. The molecule has 0 aromatic heterocycles. The second kappa shape index (κ2) is 4.39. The Labute approximate surface area is 78.2 Å². The summed E-state index contributed by atoms with van der Waals surface area (Å²) < 4.78 is 0. The van der Waals surface area contributed by atoms with Crippen LogP contribution in [0.2, 0.25) is 0 Å². The summed E-state index contributed by atoms with van der Waals surface area (Å²) in [7, 11) is 0. The Kier molecular flexibility index (Phi) is 3.45. The van der Waals surface area contributed by atoms with Crippen LogP contribution in [-0.2, 0) is 4.79 Å². The van der Waals surface area contributed by atoms with E-state index in [4.69, 9.17) is 5.11 Å². The Morgan fingerprint density at radius 1 is 1.85 bits per heavy atom. The van der Waals surface area contributed by atoms with Crippen molar-refractivity contribution in [3.05, 3.63) is 12.7 Å². The monoisotopic (exact) mass is 184 g/mol. The van der Waals surface area contributed by atoms with Gasteiger partial charge in [-0.25, -0.2) is 0 Å². The molecule has 13 heavy (non-hydrogen) atoms. The average molecular weight is 184 g/mol. The topological polar surface area (TPSA) is 52.6 Å². The van der Waals surface area contributed by atoms with Crippen LogP contribution in [0.15, 0.2) is 12.7 Å². The summed E-state index contributed by atoms with van der Waals surface area (Å²) in [5.41, 5.74) is 0. The molecule has 1 atom stereocenters. The quantitative estimate of drug-likeness (QED) is 0.571. The first-order valence-electron chi connectivity index (χ1n) is 4.46. The molecule has 1 rings (SSSR count). The van der Waals surface area contributed by atoms with Crippen molar-refractivity contribution < 1.29 is 9.90 Å². The van der Waals surface area contributed by atoms with Crippen LogP contribution in [0.3, 0.4) is 0 Å². The molecular formula is C9H16N2O2. The predicted molar refractivity (Wildman–Crippen MR) is 50.2 cm³/mol. The van der Waals surface area contributed by atoms with Crippen LogP contribution in [0.25, 0.3) is 0 Å². The second-order valence-corrected chi connectivity index (χ2v) is 3.32. The number of hydrogen-bond acceptors (Lipinski definition) is 3. The summed E-state index contributed by atoms with van der Waals surface area (Å²) in [4.78, 5) is 13.3. The van der Waals surface area contributed by atoms with Crippen LogP contribution in [0.1, 0.15) is 6.92 Å². The van der Waals surface area contributed by atoms with Crippen LogP contribution in [0.4, 0.5) is 0 Å². The summed E-state index contributed by atoms with van der Waals surface area (Å²) in [6.07, 6.45) is 1.39. The van der Waals surface area contributed by atoms with Crippen molar-refractivity contribution in [2.75, 3.05) is 19.6 Å². The van der Waals surface area contributed by atoms with Gasteiger partial charge in [0, 0.05) is 19.6 Å². The number of β-amino-alcohol motifs (C(OH)–C–C–N with tert-alkyl or cyclic N) is 1. The lowest BCUT2D eigenvalue weighted by Gasteiger charge is -2.39. The summed E-state index contributed by atoms with van der Waals surface area (Å²) in [6, 6.07) is -0.150. The molecule has 1 aliphatic heterocycles. The number of nitrogens with zero attached hydrogens (tertiary/aromatic N) is 1. The number of likely N-dealkylation sites (tertiary alicyclic amines) is 1. The van der Waals surface area contributed by atoms with Gasteiger partial charge in [-0.15, -0.1) is 6.58 Å². The van der Waals surface area contributed by atoms with Crippen molar-refractivity contribution in [2.45, 2.75) is 19.1 Å². The van der Waals surface area contributed by atoms with E-state index in [-0.39, 0.29) is 18.1 Å². The molecule has 2 N–H and O–H groups in total. The molecule has 0 radical (unpaired) electrons. The molecule has 1 heterocycles. The molecule has 0 aromatic rings. The summed E-state index contributed by atoms with van der Waals surface area (Å²) in [5, 5.41) is 11.8. The van der Waals surface area contributed by atoms with Gasteiger partial charge in [-0.3, -0.25) is 9.69 Å². The first kappa shape index (κ1) is 10.2. The molecule has 0 spiro atoms. The van der Waals surface area contributed by atoms with Gasteiger partial charge in [-0.1, -0.05) is 6.08 Å². The molecule has 1 aliphatic rings. The number of amides is 1. The molecule has 0 saturated carbocycles. The van der Waals surface area contributed by atoms with E-state index >= 15 is 0 Å². The van der Waals surface area contributed by atoms with E-state index in [9.17, 15) is 4.79 Å². The van der Waals surface area contributed by atoms with Crippen LogP contribution in [0, 0.1) is 0 Å². The molecular weight excluding hydrogens is 168 g/mol. The Hall–Kier alpha value is -0.870. The number of nitrogens with one attached hydrogen (secondary N) is 1. The SMILES string of the molecule is C=CCNC(=O)C(C)N1CC(O)C1. The van der Waals surface area contributed by atoms with Gasteiger partial charge >= 0.3 is 0 Å². The maximum absolute atomic E-state index is 11.4. The number of carbonyl (C=O) groups is 1. The van der Waals surface area contributed by atoms with Crippen molar-refractivity contribution in [1.29, 1.82) is 0 Å². The highest BCUT2D eigenvalue weighted by Gasteiger charge is 2.31. The average Bonchev–Trinajstić information content (AvgIpc) is 2.07. The lowest BCUT2D eigenvalue weighted by Crippen LogP contribution is -2.58. The van der Waals surface area contributed by atoms with Crippen molar-refractivity contribution in [1.82, 2.24) is 10.2 Å². The summed E-state index contributed by atoms with van der Waals surface area (Å²) in [5.74, 6) is -0.00759. The van der Waals surface area contributed by atoms with Gasteiger partial charge in [0.05, 0.1) is 12.1 Å². The van der Waals surface area contributed by atoms with Crippen LogP contribution in [0.5, 0.6) is 0 Å². The van der Waals surface area contributed by atoms with Crippen LogP contribution >= 0.6 is 0 Å². The highest BCUT2D eigenvalue weighted by Crippen LogP contribution is 2.11. The zero-order valence-corrected chi connectivity index (χ0v) is 7.86. The molecule has 0 aromatic carbocycles. The molecule has 0 aliphatic carbocycles. The van der Waals surface area contributed by atoms with E-state index in [1.54, 1.807) is 6.08 Å². The number of aliphatic hydroxyl groups excluding tert-OH is 1. The maximum Gasteiger partial charge on any atom is 0.237 e. The fourth-order valence-electron chi connectivity index (χ4n) is 1.29. The van der Waals surface area contributed by atoms with E-state index in [1.807, 2.05) is 11.8 Å². The Bertz CT molecular complexity index is 200. The Morgan fingerprint density at radius 3 is 2.92 bits per heavy atom. The van der Waals surface area contributed by atoms with E-state index in [0.29, 0.717) is 19.6 Å². The molecule has 1 amide bonds. The minimum absolute atomic E-state index is 0.00759. The van der Waals surface area contributed by atoms with Gasteiger partial charge < -0.3 is 10.4 Å². The second-order valence-electron chi connectivity index (χ2n) is 3.32. The van der Waals surface area contributed by atoms with E-state index < -0.39 is 0 Å². The number of rotatable bonds is 4. The zero-order valence-electron chi connectivity index (χ0n) is 7.86. The third-order valence-electron chi connectivity index (χ3n) is 2.24. The largest absolute Gasteiger partial charge is 0.390 e. The predicted octanol–water partition coefficient (Wildman–Crippen LogP) is -0.646. The zero-order chi connectivity index (χ0) is 9.84. The van der Waals surface area contributed by atoms with Gasteiger partial charge in [0.25, 0.3) is 0 Å². The smallest absolute Gasteiger partial charge is 0.237 e. The van der Waals surface area contributed by atoms with Crippen LogP contribution in [-0.4, -0.2) is 47.7 Å². The van der Waals surface area contributed by atoms with E-state index in [2.05, 4.69) is 11.9 Å². The fourth-order valence-corrected chi connectivity index (χ4v) is 1.29. The summed E-state index contributed by atoms with van der Waals surface area (Å²) in [6.45, 7) is 7.05. The van der Waals surface area contributed by atoms with Crippen molar-refractivity contribution in [2.24, 2.45) is 0 Å². The molecule has 4 nitrogen and oxygen atoms in total. The number of hydrogen-bond donors (Lipinski definition) is 2. The normalized spacial score (nSPS) is 20.5. The number of carbonyl (C=O) groups excluding carboxylic acids is 1. The van der Waals surface area contributed by atoms with Gasteiger partial charge in [-0.05, 0) is 6.92 Å². The minimum atomic E-state index is -0.255. The third kappa shape index (κ3) is 2.54. The third-order valence-corrected chi connectivity index (χ3v) is 2.24. The first-order valence-corrected chi connectivity index (χ1v) is 4.46. The molecule has 0 bridgehead atoms. The van der Waals surface area contributed by atoms with Gasteiger partial charge in [0.2, 0.25) is 5.91 Å². The van der Waals surface area contributed by atoms with E-state index in [1.165, 1.54) is 0 Å². The standard InChI is InChI=1S/C9H16N2O2/c1-3-4-10-9(13)7(2)11-5-8(12)6-11/h3,7-8,12H,1,4-6H2,2H3,(H,10,13). The lowest BCUT2D eigenvalue weighted by atomic mass is 10.1. The number of aliphatic hydroxyl groups is 1. The molecule has 1 saturated heterocycles. The van der Waals surface area contributed by atoms with Crippen LogP contribution < -0.4 is 5.32 Å². The van der Waals surface area contributed by atoms with Gasteiger partial charge in [-0.2, -0.15) is 0 Å². The molecule has 4 heteroatoms. The maximum atomic E-state index is 11.4. The fraction of sp³-hybridized carbons (Fsp3) is 0.667. The lowest BCUT2D eigenvalue weighted by molar-refractivity contribution is -0.130. The van der Waals surface area contributed by atoms with Crippen molar-refractivity contribution in [3.8, 4) is 0 Å². The molecule has 74 valence electrons. The van der Waals surface area contributed by atoms with Crippen molar-refractivity contribution >= 4 is 5.91 Å². The van der Waals surface area contributed by atoms with Crippen molar-refractivity contribution in [3.63, 3.8) is 0 Å². The highest BCUT2D eigenvalue weighted by molar-refractivity contribution is 5.81. The first-order chi connectivity index (χ1) is 6.15. The Morgan fingerprint density at radius 2 is 2.46 bits per heavy atom. The van der Waals surface area contributed by atoms with E-state index in [0.717, 1.165) is 0 Å².